The molecule has 0 fully saturated rings. The molecule has 0 saturated carbocycles. The second kappa shape index (κ2) is 7.29. The summed E-state index contributed by atoms with van der Waals surface area (Å²) >= 11 is 1.72. The second-order valence-corrected chi connectivity index (χ2v) is 5.39. The van der Waals surface area contributed by atoms with Crippen LogP contribution in [0.25, 0.3) is 0 Å². The Labute approximate surface area is 107 Å². The van der Waals surface area contributed by atoms with Gasteiger partial charge >= 0.3 is 0 Å². The number of hydrazine groups is 1. The first-order chi connectivity index (χ1) is 8.11. The molecule has 17 heavy (non-hydrogen) atoms. The molecule has 96 valence electrons. The third-order valence-corrected chi connectivity index (χ3v) is 2.99. The number of hydrogen-bond acceptors (Lipinski definition) is 3. The predicted octanol–water partition coefficient (Wildman–Crippen LogP) is 1.74. The zero-order valence-electron chi connectivity index (χ0n) is 10.7. The highest BCUT2D eigenvalue weighted by Gasteiger charge is 2.06. The maximum Gasteiger partial charge on any atom is 0.205 e. The minimum atomic E-state index is 0.312. The van der Waals surface area contributed by atoms with Crippen molar-refractivity contribution in [2.75, 3.05) is 6.54 Å². The molecule has 0 radical (unpaired) electrons. The van der Waals surface area contributed by atoms with Gasteiger partial charge in [-0.05, 0) is 41.7 Å². The fourth-order valence-electron chi connectivity index (χ4n) is 1.45. The van der Waals surface area contributed by atoms with Gasteiger partial charge in [0.1, 0.15) is 0 Å². The number of nitrogens with one attached hydrogen (secondary N) is 2. The van der Waals surface area contributed by atoms with Gasteiger partial charge < -0.3 is 5.32 Å². The van der Waals surface area contributed by atoms with Gasteiger partial charge in [-0.1, -0.05) is 13.8 Å². The summed E-state index contributed by atoms with van der Waals surface area (Å²) in [4.78, 5) is 4.38. The van der Waals surface area contributed by atoms with Crippen molar-refractivity contribution in [3.05, 3.63) is 22.4 Å². The zero-order chi connectivity index (χ0) is 12.7. The van der Waals surface area contributed by atoms with E-state index in [2.05, 4.69) is 53.3 Å². The first-order valence-corrected chi connectivity index (χ1v) is 6.84. The molecule has 4 N–H and O–H groups in total. The Kier molecular flexibility index (Phi) is 6.00. The molecule has 0 saturated heterocycles. The molecule has 1 aromatic rings. The van der Waals surface area contributed by atoms with Crippen LogP contribution >= 0.6 is 11.3 Å². The van der Waals surface area contributed by atoms with E-state index in [0.29, 0.717) is 17.9 Å². The minimum Gasteiger partial charge on any atom is -0.353 e. The van der Waals surface area contributed by atoms with Gasteiger partial charge in [-0.3, -0.25) is 10.4 Å². The van der Waals surface area contributed by atoms with Gasteiger partial charge in [0.15, 0.2) is 0 Å². The average Bonchev–Trinajstić information content (AvgIpc) is 2.76. The van der Waals surface area contributed by atoms with Crippen molar-refractivity contribution in [1.29, 1.82) is 0 Å². The number of thiophene rings is 1. The molecule has 1 aromatic heterocycles. The van der Waals surface area contributed by atoms with E-state index in [0.717, 1.165) is 13.0 Å². The Morgan fingerprint density at radius 1 is 1.47 bits per heavy atom. The predicted molar refractivity (Wildman–Crippen MR) is 75.1 cm³/mol. The number of rotatable bonds is 5. The largest absolute Gasteiger partial charge is 0.353 e. The molecule has 0 aromatic carbocycles. The summed E-state index contributed by atoms with van der Waals surface area (Å²) in [5, 5.41) is 7.54. The van der Waals surface area contributed by atoms with Crippen LogP contribution in [0.3, 0.4) is 0 Å². The highest BCUT2D eigenvalue weighted by Crippen LogP contribution is 2.08. The lowest BCUT2D eigenvalue weighted by Crippen LogP contribution is -2.46. The van der Waals surface area contributed by atoms with Crippen LogP contribution in [0.4, 0.5) is 0 Å². The minimum absolute atomic E-state index is 0.312. The van der Waals surface area contributed by atoms with Gasteiger partial charge in [-0.25, -0.2) is 5.84 Å². The van der Waals surface area contributed by atoms with Crippen molar-refractivity contribution in [2.24, 2.45) is 16.8 Å². The first-order valence-electron chi connectivity index (χ1n) is 5.90. The van der Waals surface area contributed by atoms with Crippen LogP contribution in [0, 0.1) is 5.92 Å². The van der Waals surface area contributed by atoms with Crippen molar-refractivity contribution < 1.29 is 0 Å². The summed E-state index contributed by atoms with van der Waals surface area (Å²) in [6.07, 6.45) is 0.978. The van der Waals surface area contributed by atoms with E-state index in [1.54, 1.807) is 11.3 Å². The maximum atomic E-state index is 5.44. The lowest BCUT2D eigenvalue weighted by atomic mass is 10.1. The van der Waals surface area contributed by atoms with Crippen LogP contribution in [-0.4, -0.2) is 18.5 Å². The summed E-state index contributed by atoms with van der Waals surface area (Å²) in [6.45, 7) is 7.16. The van der Waals surface area contributed by atoms with Crippen LogP contribution in [0.1, 0.15) is 26.3 Å². The van der Waals surface area contributed by atoms with Crippen molar-refractivity contribution >= 4 is 17.3 Å². The summed E-state index contributed by atoms with van der Waals surface area (Å²) in [7, 11) is 0. The van der Waals surface area contributed by atoms with Crippen LogP contribution in [0.5, 0.6) is 0 Å². The lowest BCUT2D eigenvalue weighted by Gasteiger charge is -2.16. The van der Waals surface area contributed by atoms with E-state index in [1.807, 2.05) is 0 Å². The molecule has 0 aliphatic heterocycles. The molecule has 0 aliphatic rings. The van der Waals surface area contributed by atoms with E-state index in [9.17, 15) is 0 Å². The van der Waals surface area contributed by atoms with Crippen molar-refractivity contribution in [1.82, 2.24) is 10.7 Å². The van der Waals surface area contributed by atoms with Crippen molar-refractivity contribution in [3.8, 4) is 0 Å². The lowest BCUT2D eigenvalue weighted by molar-refractivity contribution is 0.624. The molecule has 1 unspecified atom stereocenters. The average molecular weight is 254 g/mol. The Balaban J connectivity index is 2.42. The molecule has 0 amide bonds. The van der Waals surface area contributed by atoms with E-state index in [1.165, 1.54) is 5.56 Å². The van der Waals surface area contributed by atoms with E-state index >= 15 is 0 Å². The van der Waals surface area contributed by atoms with Gasteiger partial charge in [0.05, 0.1) is 0 Å². The van der Waals surface area contributed by atoms with Gasteiger partial charge in [-0.15, -0.1) is 0 Å². The molecule has 4 nitrogen and oxygen atoms in total. The number of guanidine groups is 1. The third kappa shape index (κ3) is 5.70. The maximum absolute atomic E-state index is 5.44. The first kappa shape index (κ1) is 14.0. The monoisotopic (exact) mass is 254 g/mol. The van der Waals surface area contributed by atoms with Crippen molar-refractivity contribution in [2.45, 2.75) is 33.2 Å². The SMILES string of the molecule is CC(C)CN=C(NN)NC(C)Cc1ccsc1. The molecule has 5 heteroatoms. The molecular weight excluding hydrogens is 232 g/mol. The quantitative estimate of drug-likeness (QED) is 0.325. The van der Waals surface area contributed by atoms with Crippen LogP contribution in [0.15, 0.2) is 21.8 Å². The van der Waals surface area contributed by atoms with E-state index < -0.39 is 0 Å². The van der Waals surface area contributed by atoms with E-state index in [-0.39, 0.29) is 0 Å². The van der Waals surface area contributed by atoms with Crippen LogP contribution < -0.4 is 16.6 Å². The smallest absolute Gasteiger partial charge is 0.205 e. The second-order valence-electron chi connectivity index (χ2n) is 4.61. The fourth-order valence-corrected chi connectivity index (χ4v) is 2.14. The fraction of sp³-hybridized carbons (Fsp3) is 0.583. The molecular formula is C12H22N4S. The summed E-state index contributed by atoms with van der Waals surface area (Å²) in [5.41, 5.74) is 3.95. The molecule has 1 heterocycles. The zero-order valence-corrected chi connectivity index (χ0v) is 11.6. The number of aliphatic imine (C=N–C) groups is 1. The summed E-state index contributed by atoms with van der Waals surface area (Å²) in [6, 6.07) is 2.45. The van der Waals surface area contributed by atoms with E-state index in [4.69, 9.17) is 5.84 Å². The summed E-state index contributed by atoms with van der Waals surface area (Å²) in [5.74, 6) is 6.64. The Morgan fingerprint density at radius 2 is 2.24 bits per heavy atom. The van der Waals surface area contributed by atoms with Gasteiger partial charge in [-0.2, -0.15) is 11.3 Å². The molecule has 1 atom stereocenters. The number of nitrogens with zero attached hydrogens (tertiary/aromatic N) is 1. The van der Waals surface area contributed by atoms with Gasteiger partial charge in [0.25, 0.3) is 0 Å². The molecule has 0 aliphatic carbocycles. The van der Waals surface area contributed by atoms with Crippen molar-refractivity contribution in [3.63, 3.8) is 0 Å². The Bertz CT molecular complexity index is 332. The molecule has 1 rings (SSSR count). The van der Waals surface area contributed by atoms with Crippen LogP contribution in [0.2, 0.25) is 0 Å². The van der Waals surface area contributed by atoms with Crippen LogP contribution in [-0.2, 0) is 6.42 Å². The number of nitrogens with two attached hydrogens (primary N) is 1. The molecule has 0 bridgehead atoms. The topological polar surface area (TPSA) is 62.4 Å². The molecule has 0 spiro atoms. The van der Waals surface area contributed by atoms with Gasteiger partial charge in [0, 0.05) is 12.6 Å². The Hall–Kier alpha value is -1.07. The van der Waals surface area contributed by atoms with Gasteiger partial charge in [0.2, 0.25) is 5.96 Å². The highest BCUT2D eigenvalue weighted by molar-refractivity contribution is 7.07. The normalized spacial score (nSPS) is 13.8. The third-order valence-electron chi connectivity index (χ3n) is 2.26. The highest BCUT2D eigenvalue weighted by atomic mass is 32.1. The number of hydrogen-bond donors (Lipinski definition) is 3. The summed E-state index contributed by atoms with van der Waals surface area (Å²) < 4.78 is 0. The Morgan fingerprint density at radius 3 is 2.76 bits per heavy atom. The standard InChI is InChI=1S/C12H22N4S/c1-9(2)7-14-12(16-13)15-10(3)6-11-4-5-17-8-11/h4-5,8-10H,6-7,13H2,1-3H3,(H2,14,15,16).